The van der Waals surface area contributed by atoms with Gasteiger partial charge in [-0.2, -0.15) is 0 Å². The van der Waals surface area contributed by atoms with Crippen molar-refractivity contribution in [1.29, 1.82) is 0 Å². The standard InChI is InChI=1S/C16H17NO6/c1-8-10-4-5-12(22-3)9(2)15(10)23-16(21)11(8)6-13(18)17-7-14(19)20/h4-5H,6-7H2,1-3H3,(H,17,18)(H,19,20)/p-1. The second-order valence-electron chi connectivity index (χ2n) is 5.09. The average Bonchev–Trinajstić information content (AvgIpc) is 2.50. The predicted octanol–water partition coefficient (Wildman–Crippen LogP) is -0.173. The molecular formula is C16H16NO6-. The molecule has 0 aliphatic rings. The summed E-state index contributed by atoms with van der Waals surface area (Å²) in [6, 6.07) is 3.51. The van der Waals surface area contributed by atoms with Crippen LogP contribution in [0.4, 0.5) is 0 Å². The lowest BCUT2D eigenvalue weighted by atomic mass is 10.0. The summed E-state index contributed by atoms with van der Waals surface area (Å²) in [5.74, 6) is -1.39. The van der Waals surface area contributed by atoms with Crippen LogP contribution in [0.25, 0.3) is 11.0 Å². The van der Waals surface area contributed by atoms with Crippen LogP contribution in [0.3, 0.4) is 0 Å². The number of methoxy groups -OCH3 is 1. The van der Waals surface area contributed by atoms with Crippen molar-refractivity contribution in [3.05, 3.63) is 39.2 Å². The number of rotatable bonds is 5. The number of aliphatic carboxylic acids is 1. The number of benzene rings is 1. The molecule has 0 atom stereocenters. The molecule has 1 aromatic carbocycles. The van der Waals surface area contributed by atoms with Crippen molar-refractivity contribution in [2.45, 2.75) is 20.3 Å². The predicted molar refractivity (Wildman–Crippen MR) is 80.2 cm³/mol. The first-order valence-electron chi connectivity index (χ1n) is 6.91. The normalized spacial score (nSPS) is 10.6. The zero-order chi connectivity index (χ0) is 17.1. The van der Waals surface area contributed by atoms with Gasteiger partial charge in [-0.3, -0.25) is 4.79 Å². The number of carboxylic acids is 1. The number of carbonyl (C=O) groups is 2. The fourth-order valence-corrected chi connectivity index (χ4v) is 2.39. The average molecular weight is 318 g/mol. The van der Waals surface area contributed by atoms with Gasteiger partial charge in [-0.15, -0.1) is 0 Å². The number of fused-ring (bicyclic) bond motifs is 1. The van der Waals surface area contributed by atoms with Crippen LogP contribution in [0.2, 0.25) is 0 Å². The zero-order valence-electron chi connectivity index (χ0n) is 13.0. The zero-order valence-corrected chi connectivity index (χ0v) is 13.0. The maximum Gasteiger partial charge on any atom is 0.340 e. The molecule has 0 fully saturated rings. The second kappa shape index (κ2) is 6.51. The van der Waals surface area contributed by atoms with Gasteiger partial charge in [0, 0.05) is 10.9 Å². The Labute approximate surface area is 131 Å². The lowest BCUT2D eigenvalue weighted by Gasteiger charge is -2.12. The summed E-state index contributed by atoms with van der Waals surface area (Å²) in [4.78, 5) is 34.2. The SMILES string of the molecule is COc1ccc2c(C)c(CC(=O)NCC(=O)[O-])c(=O)oc2c1C. The second-order valence-corrected chi connectivity index (χ2v) is 5.09. The van der Waals surface area contributed by atoms with Crippen molar-refractivity contribution < 1.29 is 23.8 Å². The van der Waals surface area contributed by atoms with Gasteiger partial charge in [-0.25, -0.2) is 4.79 Å². The van der Waals surface area contributed by atoms with Crippen LogP contribution < -0.4 is 20.8 Å². The first-order valence-corrected chi connectivity index (χ1v) is 6.91. The molecule has 0 unspecified atom stereocenters. The smallest absolute Gasteiger partial charge is 0.340 e. The largest absolute Gasteiger partial charge is 0.548 e. The molecular weight excluding hydrogens is 302 g/mol. The molecule has 2 aromatic rings. The molecule has 0 aliphatic heterocycles. The first kappa shape index (κ1) is 16.5. The molecule has 0 radical (unpaired) electrons. The van der Waals surface area contributed by atoms with Crippen molar-refractivity contribution in [1.82, 2.24) is 5.32 Å². The van der Waals surface area contributed by atoms with Gasteiger partial charge in [0.2, 0.25) is 5.91 Å². The van der Waals surface area contributed by atoms with Crippen molar-refractivity contribution in [3.63, 3.8) is 0 Å². The van der Waals surface area contributed by atoms with Gasteiger partial charge in [0.1, 0.15) is 11.3 Å². The number of carboxylic acid groups (broad SMARTS) is 1. The molecule has 0 saturated heterocycles. The lowest BCUT2D eigenvalue weighted by molar-refractivity contribution is -0.304. The fraction of sp³-hybridized carbons (Fsp3) is 0.312. The van der Waals surface area contributed by atoms with E-state index in [9.17, 15) is 19.5 Å². The van der Waals surface area contributed by atoms with E-state index < -0.39 is 24.0 Å². The van der Waals surface area contributed by atoms with Crippen LogP contribution in [0.5, 0.6) is 5.75 Å². The first-order chi connectivity index (χ1) is 10.8. The Kier molecular flexibility index (Phi) is 4.68. The van der Waals surface area contributed by atoms with Crippen molar-refractivity contribution >= 4 is 22.8 Å². The molecule has 0 saturated carbocycles. The highest BCUT2D eigenvalue weighted by Crippen LogP contribution is 2.29. The molecule has 1 aromatic heterocycles. The Morgan fingerprint density at radius 1 is 1.26 bits per heavy atom. The molecule has 0 aliphatic carbocycles. The number of ether oxygens (including phenoxy) is 1. The number of amides is 1. The summed E-state index contributed by atoms with van der Waals surface area (Å²) < 4.78 is 10.5. The fourth-order valence-electron chi connectivity index (χ4n) is 2.39. The molecule has 122 valence electrons. The topological polar surface area (TPSA) is 109 Å². The summed E-state index contributed by atoms with van der Waals surface area (Å²) in [6.45, 7) is 2.88. The van der Waals surface area contributed by atoms with E-state index in [0.717, 1.165) is 0 Å². The molecule has 1 N–H and O–H groups in total. The van der Waals surface area contributed by atoms with E-state index >= 15 is 0 Å². The highest BCUT2D eigenvalue weighted by atomic mass is 16.5. The van der Waals surface area contributed by atoms with Crippen molar-refractivity contribution in [2.75, 3.05) is 13.7 Å². The third kappa shape index (κ3) is 3.33. The van der Waals surface area contributed by atoms with Crippen LogP contribution in [-0.2, 0) is 16.0 Å². The molecule has 1 amide bonds. The van der Waals surface area contributed by atoms with Crippen LogP contribution in [0, 0.1) is 13.8 Å². The van der Waals surface area contributed by atoms with E-state index in [-0.39, 0.29) is 12.0 Å². The summed E-state index contributed by atoms with van der Waals surface area (Å²) >= 11 is 0. The molecule has 7 nitrogen and oxygen atoms in total. The van der Waals surface area contributed by atoms with Crippen LogP contribution in [0.15, 0.2) is 21.3 Å². The summed E-state index contributed by atoms with van der Waals surface area (Å²) in [5.41, 5.74) is 1.28. The lowest BCUT2D eigenvalue weighted by Crippen LogP contribution is -2.38. The van der Waals surface area contributed by atoms with E-state index in [1.165, 1.54) is 7.11 Å². The Hall–Kier alpha value is -2.83. The molecule has 7 heteroatoms. The monoisotopic (exact) mass is 318 g/mol. The van der Waals surface area contributed by atoms with Crippen LogP contribution >= 0.6 is 0 Å². The van der Waals surface area contributed by atoms with E-state index in [1.54, 1.807) is 26.0 Å². The molecule has 23 heavy (non-hydrogen) atoms. The Morgan fingerprint density at radius 3 is 2.57 bits per heavy atom. The molecule has 2 rings (SSSR count). The quantitative estimate of drug-likeness (QED) is 0.767. The molecule has 0 spiro atoms. The molecule has 1 heterocycles. The Morgan fingerprint density at radius 2 is 1.96 bits per heavy atom. The van der Waals surface area contributed by atoms with Crippen LogP contribution in [-0.4, -0.2) is 25.5 Å². The third-order valence-corrected chi connectivity index (χ3v) is 3.64. The minimum absolute atomic E-state index is 0.193. The van der Waals surface area contributed by atoms with E-state index in [0.29, 0.717) is 27.8 Å². The Balaban J connectivity index is 2.45. The van der Waals surface area contributed by atoms with Gasteiger partial charge in [-0.1, -0.05) is 0 Å². The number of nitrogens with one attached hydrogen (secondary N) is 1. The van der Waals surface area contributed by atoms with Crippen molar-refractivity contribution in [3.8, 4) is 5.75 Å². The van der Waals surface area contributed by atoms with Gasteiger partial charge in [0.15, 0.2) is 0 Å². The van der Waals surface area contributed by atoms with Gasteiger partial charge in [0.25, 0.3) is 0 Å². The minimum Gasteiger partial charge on any atom is -0.548 e. The van der Waals surface area contributed by atoms with Crippen molar-refractivity contribution in [2.24, 2.45) is 0 Å². The minimum atomic E-state index is -1.40. The van der Waals surface area contributed by atoms with Gasteiger partial charge in [-0.05, 0) is 31.5 Å². The maximum atomic E-state index is 12.2. The van der Waals surface area contributed by atoms with E-state index in [1.807, 2.05) is 0 Å². The number of carbonyl (C=O) groups excluding carboxylic acids is 2. The van der Waals surface area contributed by atoms with E-state index in [4.69, 9.17) is 9.15 Å². The summed E-state index contributed by atoms with van der Waals surface area (Å²) in [5, 5.41) is 13.2. The van der Waals surface area contributed by atoms with Gasteiger partial charge >= 0.3 is 5.63 Å². The molecule has 0 bridgehead atoms. The van der Waals surface area contributed by atoms with Gasteiger partial charge in [0.05, 0.1) is 31.6 Å². The maximum absolute atomic E-state index is 12.2. The number of aryl methyl sites for hydroxylation is 2. The summed E-state index contributed by atoms with van der Waals surface area (Å²) in [6.07, 6.45) is -0.261. The van der Waals surface area contributed by atoms with Crippen LogP contribution in [0.1, 0.15) is 16.7 Å². The number of hydrogen-bond acceptors (Lipinski definition) is 6. The number of hydrogen-bond donors (Lipinski definition) is 1. The highest BCUT2D eigenvalue weighted by molar-refractivity contribution is 5.88. The van der Waals surface area contributed by atoms with E-state index in [2.05, 4.69) is 5.32 Å². The van der Waals surface area contributed by atoms with Gasteiger partial charge < -0.3 is 24.4 Å². The third-order valence-electron chi connectivity index (χ3n) is 3.64. The highest BCUT2D eigenvalue weighted by Gasteiger charge is 2.17. The summed E-state index contributed by atoms with van der Waals surface area (Å²) in [7, 11) is 1.52. The Bertz CT molecular complexity index is 837.